The first kappa shape index (κ1) is 14.8. The summed E-state index contributed by atoms with van der Waals surface area (Å²) >= 11 is 3.18. The molecule has 0 aromatic heterocycles. The van der Waals surface area contributed by atoms with Crippen LogP contribution in [0.5, 0.6) is 0 Å². The van der Waals surface area contributed by atoms with E-state index in [-0.39, 0.29) is 12.4 Å². The van der Waals surface area contributed by atoms with Crippen LogP contribution in [0.15, 0.2) is 28.7 Å². The number of halogens is 4. The van der Waals surface area contributed by atoms with E-state index in [0.29, 0.717) is 5.56 Å². The van der Waals surface area contributed by atoms with Crippen LogP contribution in [0.1, 0.15) is 11.6 Å². The zero-order valence-electron chi connectivity index (χ0n) is 7.66. The summed E-state index contributed by atoms with van der Waals surface area (Å²) in [5.41, 5.74) is 5.61. The van der Waals surface area contributed by atoms with Gasteiger partial charge in [0.1, 0.15) is 6.61 Å². The smallest absolute Gasteiger partial charge is 0.289 e. The molecule has 6 heteroatoms. The van der Waals surface area contributed by atoms with Gasteiger partial charge in [-0.1, -0.05) is 28.1 Å². The van der Waals surface area contributed by atoms with Crippen LogP contribution in [0.2, 0.25) is 0 Å². The molecule has 1 rings (SSSR count). The Morgan fingerprint density at radius 2 is 1.80 bits per heavy atom. The first-order chi connectivity index (χ1) is 6.47. The standard InChI is InChI=1S/C9H10BrF2NO.ClH/c10-7-3-1-6(2-4-7)8(13)9(11,12)5-14;/h1-4,8,14H,5,13H2;1H/t8-;/m1./s1. The number of hydrogen-bond acceptors (Lipinski definition) is 2. The highest BCUT2D eigenvalue weighted by Crippen LogP contribution is 2.29. The summed E-state index contributed by atoms with van der Waals surface area (Å²) in [6.45, 7) is -1.25. The number of rotatable bonds is 3. The van der Waals surface area contributed by atoms with E-state index in [1.807, 2.05) is 0 Å². The van der Waals surface area contributed by atoms with Gasteiger partial charge < -0.3 is 10.8 Å². The summed E-state index contributed by atoms with van der Waals surface area (Å²) in [5, 5.41) is 8.44. The van der Waals surface area contributed by atoms with E-state index in [0.717, 1.165) is 4.47 Å². The molecule has 1 aromatic rings. The third kappa shape index (κ3) is 3.68. The van der Waals surface area contributed by atoms with Crippen LogP contribution in [0.4, 0.5) is 8.78 Å². The van der Waals surface area contributed by atoms with Crippen molar-refractivity contribution in [3.63, 3.8) is 0 Å². The summed E-state index contributed by atoms with van der Waals surface area (Å²) in [6, 6.07) is 4.78. The summed E-state index contributed by atoms with van der Waals surface area (Å²) in [6.07, 6.45) is 0. The van der Waals surface area contributed by atoms with Crippen LogP contribution in [-0.2, 0) is 0 Å². The van der Waals surface area contributed by atoms with Crippen molar-refractivity contribution in [2.75, 3.05) is 6.61 Å². The second kappa shape index (κ2) is 5.75. The molecule has 0 aliphatic rings. The Labute approximate surface area is 101 Å². The normalized spacial score (nSPS) is 13.1. The lowest BCUT2D eigenvalue weighted by Gasteiger charge is -2.21. The summed E-state index contributed by atoms with van der Waals surface area (Å²) in [7, 11) is 0. The summed E-state index contributed by atoms with van der Waals surface area (Å²) in [5.74, 6) is -3.28. The first-order valence-electron chi connectivity index (χ1n) is 3.97. The molecule has 0 aliphatic heterocycles. The van der Waals surface area contributed by atoms with E-state index in [1.165, 1.54) is 12.1 Å². The van der Waals surface area contributed by atoms with Crippen LogP contribution in [0.3, 0.4) is 0 Å². The van der Waals surface area contributed by atoms with Crippen LogP contribution >= 0.6 is 28.3 Å². The molecule has 0 spiro atoms. The molecular weight excluding hydrogens is 291 g/mol. The summed E-state index contributed by atoms with van der Waals surface area (Å²) < 4.78 is 26.7. The highest BCUT2D eigenvalue weighted by Gasteiger charge is 2.37. The average Bonchev–Trinajstić information content (AvgIpc) is 2.18. The number of benzene rings is 1. The third-order valence-corrected chi connectivity index (χ3v) is 2.42. The molecule has 0 saturated carbocycles. The molecule has 1 atom stereocenters. The molecule has 86 valence electrons. The highest BCUT2D eigenvalue weighted by atomic mass is 79.9. The van der Waals surface area contributed by atoms with Crippen LogP contribution < -0.4 is 5.73 Å². The van der Waals surface area contributed by atoms with Gasteiger partial charge in [0, 0.05) is 4.47 Å². The van der Waals surface area contributed by atoms with E-state index in [2.05, 4.69) is 15.9 Å². The molecule has 0 bridgehead atoms. The van der Waals surface area contributed by atoms with Gasteiger partial charge in [-0.25, -0.2) is 8.78 Å². The number of hydrogen-bond donors (Lipinski definition) is 2. The number of aliphatic hydroxyl groups is 1. The van der Waals surface area contributed by atoms with E-state index in [9.17, 15) is 8.78 Å². The van der Waals surface area contributed by atoms with Gasteiger partial charge in [-0.15, -0.1) is 12.4 Å². The van der Waals surface area contributed by atoms with Crippen LogP contribution in [0, 0.1) is 0 Å². The highest BCUT2D eigenvalue weighted by molar-refractivity contribution is 9.10. The molecule has 15 heavy (non-hydrogen) atoms. The van der Waals surface area contributed by atoms with Crippen molar-refractivity contribution in [1.29, 1.82) is 0 Å². The van der Waals surface area contributed by atoms with Gasteiger partial charge in [-0.05, 0) is 17.7 Å². The zero-order chi connectivity index (χ0) is 10.8. The van der Waals surface area contributed by atoms with Crippen molar-refractivity contribution in [2.45, 2.75) is 12.0 Å². The minimum absolute atomic E-state index is 0. The fraction of sp³-hybridized carbons (Fsp3) is 0.333. The van der Waals surface area contributed by atoms with Crippen molar-refractivity contribution >= 4 is 28.3 Å². The Bertz CT molecular complexity index is 307. The maximum Gasteiger partial charge on any atom is 0.289 e. The van der Waals surface area contributed by atoms with Gasteiger partial charge in [0.25, 0.3) is 5.92 Å². The fourth-order valence-electron chi connectivity index (χ4n) is 1.01. The molecular formula is C9H11BrClF2NO. The van der Waals surface area contributed by atoms with E-state index < -0.39 is 18.6 Å². The van der Waals surface area contributed by atoms with E-state index in [4.69, 9.17) is 10.8 Å². The van der Waals surface area contributed by atoms with E-state index in [1.54, 1.807) is 12.1 Å². The first-order valence-corrected chi connectivity index (χ1v) is 4.76. The fourth-order valence-corrected chi connectivity index (χ4v) is 1.28. The largest absolute Gasteiger partial charge is 0.390 e. The second-order valence-corrected chi connectivity index (χ2v) is 3.86. The monoisotopic (exact) mass is 301 g/mol. The zero-order valence-corrected chi connectivity index (χ0v) is 10.1. The van der Waals surface area contributed by atoms with Crippen molar-refractivity contribution in [3.8, 4) is 0 Å². The maximum atomic E-state index is 12.9. The predicted molar refractivity (Wildman–Crippen MR) is 60.4 cm³/mol. The lowest BCUT2D eigenvalue weighted by Crippen LogP contribution is -2.36. The van der Waals surface area contributed by atoms with Crippen LogP contribution in [0.25, 0.3) is 0 Å². The minimum atomic E-state index is -3.28. The summed E-state index contributed by atoms with van der Waals surface area (Å²) in [4.78, 5) is 0. The topological polar surface area (TPSA) is 46.2 Å². The molecule has 0 radical (unpaired) electrons. The quantitative estimate of drug-likeness (QED) is 0.901. The Morgan fingerprint density at radius 1 is 1.33 bits per heavy atom. The van der Waals surface area contributed by atoms with Gasteiger partial charge >= 0.3 is 0 Å². The van der Waals surface area contributed by atoms with Crippen molar-refractivity contribution in [1.82, 2.24) is 0 Å². The molecule has 0 heterocycles. The lowest BCUT2D eigenvalue weighted by atomic mass is 10.0. The van der Waals surface area contributed by atoms with E-state index >= 15 is 0 Å². The van der Waals surface area contributed by atoms with Gasteiger partial charge in [0.15, 0.2) is 0 Å². The molecule has 2 nitrogen and oxygen atoms in total. The third-order valence-electron chi connectivity index (χ3n) is 1.89. The lowest BCUT2D eigenvalue weighted by molar-refractivity contribution is -0.0711. The molecule has 0 aliphatic carbocycles. The maximum absolute atomic E-state index is 12.9. The Morgan fingerprint density at radius 3 is 2.20 bits per heavy atom. The van der Waals surface area contributed by atoms with Crippen molar-refractivity contribution in [3.05, 3.63) is 34.3 Å². The minimum Gasteiger partial charge on any atom is -0.390 e. The second-order valence-electron chi connectivity index (χ2n) is 2.95. The molecule has 0 amide bonds. The van der Waals surface area contributed by atoms with Gasteiger partial charge in [-0.2, -0.15) is 0 Å². The van der Waals surface area contributed by atoms with Crippen molar-refractivity contribution < 1.29 is 13.9 Å². The van der Waals surface area contributed by atoms with Gasteiger partial charge in [0.05, 0.1) is 6.04 Å². The molecule has 0 fully saturated rings. The molecule has 0 unspecified atom stereocenters. The SMILES string of the molecule is Cl.N[C@H](c1ccc(Br)cc1)C(F)(F)CO. The van der Waals surface area contributed by atoms with Gasteiger partial charge in [-0.3, -0.25) is 0 Å². The number of aliphatic hydroxyl groups excluding tert-OH is 1. The molecule has 3 N–H and O–H groups in total. The predicted octanol–water partition coefficient (Wildman–Crippen LogP) is 2.50. The number of alkyl halides is 2. The number of nitrogens with two attached hydrogens (primary N) is 1. The van der Waals surface area contributed by atoms with Crippen LogP contribution in [-0.4, -0.2) is 17.6 Å². The molecule has 1 aromatic carbocycles. The van der Waals surface area contributed by atoms with Gasteiger partial charge in [0.2, 0.25) is 0 Å². The Balaban J connectivity index is 0.00000196. The van der Waals surface area contributed by atoms with Crippen molar-refractivity contribution in [2.24, 2.45) is 5.73 Å². The average molecular weight is 303 g/mol. The Hall–Kier alpha value is -0.230. The molecule has 0 saturated heterocycles. The Kier molecular flexibility index (Phi) is 5.66.